The molecule has 2 aromatic heterocycles. The van der Waals surface area contributed by atoms with Gasteiger partial charge in [-0.25, -0.2) is 0 Å². The van der Waals surface area contributed by atoms with Crippen molar-refractivity contribution in [2.75, 3.05) is 4.90 Å². The first-order chi connectivity index (χ1) is 34.7. The number of nitrogens with zero attached hydrogens (tertiary/aromatic N) is 2. The van der Waals surface area contributed by atoms with Crippen LogP contribution in [0.25, 0.3) is 69.9 Å². The molecule has 13 aromatic rings. The zero-order chi connectivity index (χ0) is 46.4. The molecule has 2 heterocycles. The van der Waals surface area contributed by atoms with E-state index in [1.807, 2.05) is 11.3 Å². The Kier molecular flexibility index (Phi) is 10.4. The van der Waals surface area contributed by atoms with Gasteiger partial charge < -0.3 is 9.47 Å². The molecule has 0 aliphatic rings. The zero-order valence-corrected chi connectivity index (χ0v) is 40.2. The van der Waals surface area contributed by atoms with Crippen molar-refractivity contribution in [3.05, 3.63) is 279 Å². The maximum Gasteiger partial charge on any atom is 0.179 e. The second kappa shape index (κ2) is 17.5. The summed E-state index contributed by atoms with van der Waals surface area (Å²) < 4.78 is 5.04. The summed E-state index contributed by atoms with van der Waals surface area (Å²) in [5.74, 6) is 0. The fourth-order valence-electron chi connectivity index (χ4n) is 11.0. The highest BCUT2D eigenvalue weighted by molar-refractivity contribution is 7.25. The van der Waals surface area contributed by atoms with Crippen LogP contribution in [0, 0.1) is 0 Å². The van der Waals surface area contributed by atoms with Crippen LogP contribution in [-0.4, -0.2) is 12.6 Å². The predicted octanol–water partition coefficient (Wildman–Crippen LogP) is 15.3. The Balaban J connectivity index is 0.930. The summed E-state index contributed by atoms with van der Waals surface area (Å²) in [4.78, 5) is 2.44. The Hall–Kier alpha value is -8.54. The molecule has 2 nitrogen and oxygen atoms in total. The van der Waals surface area contributed by atoms with Crippen molar-refractivity contribution in [3.8, 4) is 27.9 Å². The van der Waals surface area contributed by atoms with Gasteiger partial charge in [0.2, 0.25) is 0 Å². The minimum atomic E-state index is -2.64. The Labute approximate surface area is 413 Å². The summed E-state index contributed by atoms with van der Waals surface area (Å²) in [5, 5.41) is 10.5. The SMILES string of the molecule is c1ccc(-n2c3ccccc3c3c(N(c4ccc(-c5ccc([Si](c6ccccc6)(c6ccccc6)c6ccccc6)cc5)cc4)c4ccc(-c5ccc6sc7ccccc7c6c5)cc4)cccc32)cc1. The Bertz CT molecular complexity index is 3860. The standard InChI is InChI=1S/C66H46N2SSi/c1-5-18-51(19-6-1)68-61-28-15-13-27-59(61)66-62(29-17-30-63(66)68)67(53-41-34-49(35-42-53)50-38-45-65-60(46-50)58-26-14-16-31-64(58)69-65)52-39-32-47(33-40-52)48-36-43-57(44-37-48)70(54-20-7-2-8-21-54,55-22-9-3-10-23-55)56-24-11-4-12-25-56/h1-46H. The summed E-state index contributed by atoms with van der Waals surface area (Å²) in [6.45, 7) is 0. The molecule has 0 spiro atoms. The quantitative estimate of drug-likeness (QED) is 0.0980. The first-order valence-electron chi connectivity index (χ1n) is 24.0. The van der Waals surface area contributed by atoms with Gasteiger partial charge in [-0.3, -0.25) is 0 Å². The van der Waals surface area contributed by atoms with Gasteiger partial charge in [-0.1, -0.05) is 206 Å². The average molecular weight is 927 g/mol. The number of benzene rings is 11. The average Bonchev–Trinajstić information content (AvgIpc) is 3.99. The van der Waals surface area contributed by atoms with Gasteiger partial charge in [-0.2, -0.15) is 0 Å². The molecule has 0 N–H and O–H groups in total. The molecule has 0 aliphatic carbocycles. The third-order valence-corrected chi connectivity index (χ3v) is 20.1. The van der Waals surface area contributed by atoms with E-state index >= 15 is 0 Å². The van der Waals surface area contributed by atoms with Gasteiger partial charge in [0.15, 0.2) is 8.07 Å². The van der Waals surface area contributed by atoms with Crippen molar-refractivity contribution in [3.63, 3.8) is 0 Å². The van der Waals surface area contributed by atoms with E-state index in [0.29, 0.717) is 0 Å². The topological polar surface area (TPSA) is 8.17 Å². The highest BCUT2D eigenvalue weighted by atomic mass is 32.1. The van der Waals surface area contributed by atoms with E-state index in [-0.39, 0.29) is 0 Å². The number of anilines is 3. The number of para-hydroxylation sites is 2. The van der Waals surface area contributed by atoms with Gasteiger partial charge >= 0.3 is 0 Å². The largest absolute Gasteiger partial charge is 0.310 e. The number of hydrogen-bond acceptors (Lipinski definition) is 2. The molecule has 0 saturated carbocycles. The molecule has 0 unspecified atom stereocenters. The Morgan fingerprint density at radius 1 is 0.314 bits per heavy atom. The highest BCUT2D eigenvalue weighted by Gasteiger charge is 2.41. The monoisotopic (exact) mass is 926 g/mol. The van der Waals surface area contributed by atoms with E-state index in [2.05, 4.69) is 289 Å². The molecule has 0 atom stereocenters. The second-order valence-corrected chi connectivity index (χ2v) is 22.9. The number of aromatic nitrogens is 1. The Morgan fingerprint density at radius 2 is 0.757 bits per heavy atom. The lowest BCUT2D eigenvalue weighted by Gasteiger charge is -2.34. The second-order valence-electron chi connectivity index (χ2n) is 18.0. The number of fused-ring (bicyclic) bond motifs is 6. The van der Waals surface area contributed by atoms with Crippen molar-refractivity contribution in [2.24, 2.45) is 0 Å². The predicted molar refractivity (Wildman–Crippen MR) is 303 cm³/mol. The molecule has 0 saturated heterocycles. The summed E-state index contributed by atoms with van der Waals surface area (Å²) in [5.41, 5.74) is 11.6. The summed E-state index contributed by atoms with van der Waals surface area (Å²) in [6, 6.07) is 103. The molecule has 0 amide bonds. The molecule has 0 radical (unpaired) electrons. The van der Waals surface area contributed by atoms with E-state index in [4.69, 9.17) is 0 Å². The van der Waals surface area contributed by atoms with Crippen LogP contribution in [-0.2, 0) is 0 Å². The summed E-state index contributed by atoms with van der Waals surface area (Å²) >= 11 is 1.86. The van der Waals surface area contributed by atoms with Crippen LogP contribution in [0.2, 0.25) is 0 Å². The van der Waals surface area contributed by atoms with E-state index in [0.717, 1.165) is 22.7 Å². The zero-order valence-electron chi connectivity index (χ0n) is 38.4. The van der Waals surface area contributed by atoms with Crippen LogP contribution in [0.5, 0.6) is 0 Å². The maximum atomic E-state index is 2.44. The molecule has 0 aliphatic heterocycles. The number of rotatable bonds is 10. The van der Waals surface area contributed by atoms with Crippen LogP contribution in [0.1, 0.15) is 0 Å². The third-order valence-electron chi connectivity index (χ3n) is 14.2. The first-order valence-corrected chi connectivity index (χ1v) is 26.8. The van der Waals surface area contributed by atoms with Gasteiger partial charge in [-0.15, -0.1) is 11.3 Å². The van der Waals surface area contributed by atoms with Crippen LogP contribution in [0.4, 0.5) is 17.1 Å². The lowest BCUT2D eigenvalue weighted by Crippen LogP contribution is -2.74. The fourth-order valence-corrected chi connectivity index (χ4v) is 16.8. The lowest BCUT2D eigenvalue weighted by molar-refractivity contribution is 1.18. The van der Waals surface area contributed by atoms with E-state index in [1.54, 1.807) is 0 Å². The van der Waals surface area contributed by atoms with Crippen molar-refractivity contribution in [2.45, 2.75) is 0 Å². The summed E-state index contributed by atoms with van der Waals surface area (Å²) in [6.07, 6.45) is 0. The van der Waals surface area contributed by atoms with Gasteiger partial charge in [0.25, 0.3) is 0 Å². The summed E-state index contributed by atoms with van der Waals surface area (Å²) in [7, 11) is -2.64. The highest BCUT2D eigenvalue weighted by Crippen LogP contribution is 2.45. The number of thiophene rings is 1. The number of hydrogen-bond donors (Lipinski definition) is 0. The fraction of sp³-hybridized carbons (Fsp3) is 0. The normalized spacial score (nSPS) is 11.7. The Morgan fingerprint density at radius 3 is 1.36 bits per heavy atom. The first kappa shape index (κ1) is 41.6. The van der Waals surface area contributed by atoms with E-state index in [9.17, 15) is 0 Å². The molecule has 13 rings (SSSR count). The molecule has 70 heavy (non-hydrogen) atoms. The van der Waals surface area contributed by atoms with Crippen molar-refractivity contribution in [1.82, 2.24) is 4.57 Å². The van der Waals surface area contributed by atoms with Crippen LogP contribution >= 0.6 is 11.3 Å². The molecule has 330 valence electrons. The van der Waals surface area contributed by atoms with Crippen molar-refractivity contribution in [1.29, 1.82) is 0 Å². The molecule has 0 bridgehead atoms. The molecular weight excluding hydrogens is 881 g/mol. The van der Waals surface area contributed by atoms with Gasteiger partial charge in [0, 0.05) is 48.0 Å². The third kappa shape index (κ3) is 6.99. The molecule has 11 aromatic carbocycles. The minimum absolute atomic E-state index is 1.09. The molecule has 0 fully saturated rings. The maximum absolute atomic E-state index is 2.64. The van der Waals surface area contributed by atoms with Crippen LogP contribution < -0.4 is 25.6 Å². The van der Waals surface area contributed by atoms with Gasteiger partial charge in [0.1, 0.15) is 0 Å². The van der Waals surface area contributed by atoms with Crippen LogP contribution in [0.15, 0.2) is 279 Å². The minimum Gasteiger partial charge on any atom is -0.310 e. The van der Waals surface area contributed by atoms with Gasteiger partial charge in [-0.05, 0) is 116 Å². The molecular formula is C66H46N2SSi. The van der Waals surface area contributed by atoms with Crippen molar-refractivity contribution >= 4 is 99.2 Å². The van der Waals surface area contributed by atoms with Gasteiger partial charge in [0.05, 0.1) is 16.7 Å². The smallest absolute Gasteiger partial charge is 0.179 e. The molecule has 4 heteroatoms. The van der Waals surface area contributed by atoms with E-state index < -0.39 is 8.07 Å². The van der Waals surface area contributed by atoms with E-state index in [1.165, 1.54) is 85.0 Å². The lowest BCUT2D eigenvalue weighted by atomic mass is 10.0. The van der Waals surface area contributed by atoms with Crippen molar-refractivity contribution < 1.29 is 0 Å². The van der Waals surface area contributed by atoms with Crippen LogP contribution in [0.3, 0.4) is 0 Å².